The summed E-state index contributed by atoms with van der Waals surface area (Å²) in [7, 11) is 0. The Kier molecular flexibility index (Phi) is 5.37. The number of hydrogen-bond acceptors (Lipinski definition) is 4. The van der Waals surface area contributed by atoms with Crippen molar-refractivity contribution in [1.29, 1.82) is 0 Å². The first-order valence-corrected chi connectivity index (χ1v) is 8.25. The highest BCUT2D eigenvalue weighted by Crippen LogP contribution is 2.19. The summed E-state index contributed by atoms with van der Waals surface area (Å²) < 4.78 is 5.74. The van der Waals surface area contributed by atoms with E-state index in [1.54, 1.807) is 12.1 Å². The van der Waals surface area contributed by atoms with Crippen molar-refractivity contribution in [1.82, 2.24) is 4.90 Å². The maximum absolute atomic E-state index is 9.36. The van der Waals surface area contributed by atoms with Crippen molar-refractivity contribution >= 4 is 5.69 Å². The zero-order valence-corrected chi connectivity index (χ0v) is 13.4. The van der Waals surface area contributed by atoms with E-state index in [4.69, 9.17) is 4.74 Å². The highest BCUT2D eigenvalue weighted by atomic mass is 16.5. The van der Waals surface area contributed by atoms with Crippen molar-refractivity contribution < 1.29 is 9.84 Å². The van der Waals surface area contributed by atoms with Crippen molar-refractivity contribution in [2.75, 3.05) is 44.2 Å². The van der Waals surface area contributed by atoms with E-state index in [2.05, 4.69) is 9.80 Å². The molecule has 1 aliphatic rings. The second-order valence-corrected chi connectivity index (χ2v) is 5.86. The molecule has 2 aromatic carbocycles. The molecule has 0 radical (unpaired) electrons. The number of anilines is 1. The Labute approximate surface area is 137 Å². The van der Waals surface area contributed by atoms with Crippen LogP contribution in [0.3, 0.4) is 0 Å². The molecule has 1 N–H and O–H groups in total. The van der Waals surface area contributed by atoms with Crippen LogP contribution >= 0.6 is 0 Å². The molecule has 0 atom stereocenters. The van der Waals surface area contributed by atoms with Gasteiger partial charge in [0.25, 0.3) is 0 Å². The number of hydrogen-bond donors (Lipinski definition) is 1. The van der Waals surface area contributed by atoms with Gasteiger partial charge in [0.15, 0.2) is 0 Å². The molecule has 0 aliphatic carbocycles. The number of nitrogens with zero attached hydrogens (tertiary/aromatic N) is 2. The topological polar surface area (TPSA) is 35.9 Å². The van der Waals surface area contributed by atoms with E-state index >= 15 is 0 Å². The lowest BCUT2D eigenvalue weighted by Gasteiger charge is -2.36. The SMILES string of the molecule is Oc1ccc(N2CCN(CCCOc3ccccc3)CC2)cc1. The minimum Gasteiger partial charge on any atom is -0.508 e. The highest BCUT2D eigenvalue weighted by Gasteiger charge is 2.16. The molecule has 23 heavy (non-hydrogen) atoms. The standard InChI is InChI=1S/C19H24N2O2/c22-18-9-7-17(8-10-18)21-14-12-20(13-15-21)11-4-16-23-19-5-2-1-3-6-19/h1-3,5-10,22H,4,11-16H2. The van der Waals surface area contributed by atoms with E-state index in [1.165, 1.54) is 5.69 Å². The molecule has 2 aromatic rings. The molecule has 1 fully saturated rings. The predicted molar refractivity (Wildman–Crippen MR) is 93.3 cm³/mol. The van der Waals surface area contributed by atoms with Crippen LogP contribution in [-0.2, 0) is 0 Å². The Hall–Kier alpha value is -2.20. The van der Waals surface area contributed by atoms with Crippen LogP contribution in [0.2, 0.25) is 0 Å². The molecule has 1 heterocycles. The molecule has 0 aromatic heterocycles. The minimum absolute atomic E-state index is 0.325. The molecule has 1 aliphatic heterocycles. The molecule has 4 nitrogen and oxygen atoms in total. The smallest absolute Gasteiger partial charge is 0.119 e. The fourth-order valence-corrected chi connectivity index (χ4v) is 2.89. The second-order valence-electron chi connectivity index (χ2n) is 5.86. The Morgan fingerprint density at radius 1 is 0.870 bits per heavy atom. The van der Waals surface area contributed by atoms with Crippen LogP contribution in [0.5, 0.6) is 11.5 Å². The Bertz CT molecular complexity index is 578. The molecule has 0 unspecified atom stereocenters. The molecule has 3 rings (SSSR count). The molecule has 0 amide bonds. The van der Waals surface area contributed by atoms with Gasteiger partial charge in [-0.05, 0) is 42.8 Å². The van der Waals surface area contributed by atoms with Gasteiger partial charge in [-0.3, -0.25) is 4.90 Å². The van der Waals surface area contributed by atoms with Crippen LogP contribution in [0.4, 0.5) is 5.69 Å². The lowest BCUT2D eigenvalue weighted by atomic mass is 10.2. The number of ether oxygens (including phenoxy) is 1. The molecule has 0 saturated carbocycles. The summed E-state index contributed by atoms with van der Waals surface area (Å²) in [6.45, 7) is 6.06. The number of phenolic OH excluding ortho intramolecular Hbond substituents is 1. The Morgan fingerprint density at radius 2 is 1.57 bits per heavy atom. The first-order valence-electron chi connectivity index (χ1n) is 8.25. The first-order chi connectivity index (χ1) is 11.3. The average molecular weight is 312 g/mol. The summed E-state index contributed by atoms with van der Waals surface area (Å²) in [4.78, 5) is 4.86. The molecule has 122 valence electrons. The quantitative estimate of drug-likeness (QED) is 0.832. The van der Waals surface area contributed by atoms with Crippen LogP contribution in [0, 0.1) is 0 Å². The van der Waals surface area contributed by atoms with Crippen LogP contribution in [0.1, 0.15) is 6.42 Å². The molecular weight excluding hydrogens is 288 g/mol. The van der Waals surface area contributed by atoms with E-state index in [0.717, 1.165) is 51.5 Å². The van der Waals surface area contributed by atoms with Gasteiger partial charge in [-0.1, -0.05) is 18.2 Å². The largest absolute Gasteiger partial charge is 0.508 e. The summed E-state index contributed by atoms with van der Waals surface area (Å²) in [5.41, 5.74) is 1.19. The first kappa shape index (κ1) is 15.7. The van der Waals surface area contributed by atoms with Crippen molar-refractivity contribution in [3.8, 4) is 11.5 Å². The summed E-state index contributed by atoms with van der Waals surface area (Å²) in [5, 5.41) is 9.36. The third kappa shape index (κ3) is 4.63. The summed E-state index contributed by atoms with van der Waals surface area (Å²) in [6, 6.07) is 17.5. The number of phenols is 1. The monoisotopic (exact) mass is 312 g/mol. The van der Waals surface area contributed by atoms with Gasteiger partial charge in [0.1, 0.15) is 11.5 Å². The van der Waals surface area contributed by atoms with Gasteiger partial charge in [-0.15, -0.1) is 0 Å². The Balaban J connectivity index is 1.35. The molecule has 4 heteroatoms. The Morgan fingerprint density at radius 3 is 2.26 bits per heavy atom. The van der Waals surface area contributed by atoms with Crippen molar-refractivity contribution in [2.45, 2.75) is 6.42 Å². The van der Waals surface area contributed by atoms with Gasteiger partial charge in [0.2, 0.25) is 0 Å². The van der Waals surface area contributed by atoms with Crippen molar-refractivity contribution in [2.24, 2.45) is 0 Å². The number of aromatic hydroxyl groups is 1. The van der Waals surface area contributed by atoms with E-state index in [0.29, 0.717) is 5.75 Å². The van der Waals surface area contributed by atoms with Crippen molar-refractivity contribution in [3.63, 3.8) is 0 Å². The van der Waals surface area contributed by atoms with Crippen molar-refractivity contribution in [3.05, 3.63) is 54.6 Å². The average Bonchev–Trinajstić information content (AvgIpc) is 2.61. The molecule has 0 bridgehead atoms. The minimum atomic E-state index is 0.325. The fourth-order valence-electron chi connectivity index (χ4n) is 2.89. The van der Waals surface area contributed by atoms with Crippen LogP contribution in [-0.4, -0.2) is 49.3 Å². The van der Waals surface area contributed by atoms with E-state index < -0.39 is 0 Å². The zero-order valence-electron chi connectivity index (χ0n) is 13.4. The van der Waals surface area contributed by atoms with E-state index in [1.807, 2.05) is 42.5 Å². The van der Waals surface area contributed by atoms with Gasteiger partial charge in [-0.2, -0.15) is 0 Å². The normalized spacial score (nSPS) is 15.6. The third-order valence-electron chi connectivity index (χ3n) is 4.22. The molecule has 1 saturated heterocycles. The second kappa shape index (κ2) is 7.88. The lowest BCUT2D eigenvalue weighted by Crippen LogP contribution is -2.46. The molecule has 0 spiro atoms. The van der Waals surface area contributed by atoms with E-state index in [9.17, 15) is 5.11 Å². The highest BCUT2D eigenvalue weighted by molar-refractivity contribution is 5.49. The van der Waals surface area contributed by atoms with Gasteiger partial charge < -0.3 is 14.7 Å². The van der Waals surface area contributed by atoms with Gasteiger partial charge in [-0.25, -0.2) is 0 Å². The van der Waals surface area contributed by atoms with Gasteiger partial charge in [0, 0.05) is 38.4 Å². The van der Waals surface area contributed by atoms with E-state index in [-0.39, 0.29) is 0 Å². The molecular formula is C19H24N2O2. The maximum atomic E-state index is 9.36. The van der Waals surface area contributed by atoms with Crippen LogP contribution in [0.25, 0.3) is 0 Å². The predicted octanol–water partition coefficient (Wildman–Crippen LogP) is 2.98. The summed E-state index contributed by atoms with van der Waals surface area (Å²) in [6.07, 6.45) is 1.05. The fraction of sp³-hybridized carbons (Fsp3) is 0.368. The van der Waals surface area contributed by atoms with Gasteiger partial charge >= 0.3 is 0 Å². The third-order valence-corrected chi connectivity index (χ3v) is 4.22. The number of rotatable bonds is 6. The zero-order chi connectivity index (χ0) is 15.9. The summed E-state index contributed by atoms with van der Waals surface area (Å²) in [5.74, 6) is 1.27. The maximum Gasteiger partial charge on any atom is 0.119 e. The number of benzene rings is 2. The van der Waals surface area contributed by atoms with Crippen LogP contribution in [0.15, 0.2) is 54.6 Å². The lowest BCUT2D eigenvalue weighted by molar-refractivity contribution is 0.225. The van der Waals surface area contributed by atoms with Gasteiger partial charge in [0.05, 0.1) is 6.61 Å². The number of piperazine rings is 1. The van der Waals surface area contributed by atoms with Crippen LogP contribution < -0.4 is 9.64 Å². The number of para-hydroxylation sites is 1. The summed E-state index contributed by atoms with van der Waals surface area (Å²) >= 11 is 0.